The molecule has 0 spiro atoms. The molecule has 0 aromatic heterocycles. The van der Waals surface area contributed by atoms with Gasteiger partial charge in [0.1, 0.15) is 0 Å². The number of carbonyl (C=O) groups excluding carboxylic acids is 1. The van der Waals surface area contributed by atoms with E-state index in [9.17, 15) is 4.79 Å². The van der Waals surface area contributed by atoms with E-state index in [1.165, 1.54) is 0 Å². The molecule has 17 heavy (non-hydrogen) atoms. The van der Waals surface area contributed by atoms with Gasteiger partial charge >= 0.3 is 0 Å². The Labute approximate surface area is 104 Å². The number of rotatable bonds is 5. The number of nitrogens with one attached hydrogen (secondary N) is 1. The van der Waals surface area contributed by atoms with E-state index in [2.05, 4.69) is 5.32 Å². The second kappa shape index (κ2) is 5.19. The van der Waals surface area contributed by atoms with Crippen molar-refractivity contribution in [1.29, 1.82) is 0 Å². The fourth-order valence-electron chi connectivity index (χ4n) is 1.77. The van der Waals surface area contributed by atoms with E-state index in [1.54, 1.807) is 18.2 Å². The van der Waals surface area contributed by atoms with Gasteiger partial charge < -0.3 is 14.8 Å². The summed E-state index contributed by atoms with van der Waals surface area (Å²) in [6.07, 6.45) is 0.572. The highest BCUT2D eigenvalue weighted by Gasteiger charge is 2.20. The van der Waals surface area contributed by atoms with Crippen LogP contribution < -0.4 is 14.8 Å². The van der Waals surface area contributed by atoms with Crippen LogP contribution in [0.3, 0.4) is 0 Å². The quantitative estimate of drug-likeness (QED) is 0.795. The Morgan fingerprint density at radius 1 is 1.59 bits per heavy atom. The van der Waals surface area contributed by atoms with Crippen LogP contribution in [0.4, 0.5) is 0 Å². The van der Waals surface area contributed by atoms with Gasteiger partial charge in [0.2, 0.25) is 6.79 Å². The fraction of sp³-hybridized carbons (Fsp3) is 0.462. The number of likely N-dealkylation sites (N-methyl/N-ethyl adjacent to an activating group) is 1. The van der Waals surface area contributed by atoms with Crippen LogP contribution in [0, 0.1) is 0 Å². The number of hydrogen-bond acceptors (Lipinski definition) is 4. The summed E-state index contributed by atoms with van der Waals surface area (Å²) in [5.41, 5.74) is 0.529. The lowest BCUT2D eigenvalue weighted by Gasteiger charge is -2.14. The largest absolute Gasteiger partial charge is 0.454 e. The van der Waals surface area contributed by atoms with Crippen LogP contribution in [0.1, 0.15) is 33.3 Å². The molecule has 1 aliphatic heterocycles. The molecule has 1 aromatic carbocycles. The van der Waals surface area contributed by atoms with E-state index >= 15 is 0 Å². The van der Waals surface area contributed by atoms with E-state index in [0.717, 1.165) is 0 Å². The van der Waals surface area contributed by atoms with E-state index in [0.29, 0.717) is 23.5 Å². The molecule has 1 aromatic rings. The third-order valence-corrected chi connectivity index (χ3v) is 2.70. The predicted octanol–water partition coefficient (Wildman–Crippen LogP) is 1.99. The summed E-state index contributed by atoms with van der Waals surface area (Å²) in [5.74, 6) is 1.12. The van der Waals surface area contributed by atoms with Crippen LogP contribution in [-0.2, 0) is 0 Å². The Balaban J connectivity index is 2.13. The SMILES string of the molecule is [2H]CC([2H])NC(CC)C(=O)c1ccc2c(c1)OCO2. The summed E-state index contributed by atoms with van der Waals surface area (Å²) < 4.78 is 25.1. The molecule has 1 aliphatic rings. The lowest BCUT2D eigenvalue weighted by Crippen LogP contribution is -2.35. The van der Waals surface area contributed by atoms with E-state index in [4.69, 9.17) is 12.2 Å². The first-order valence-corrected chi connectivity index (χ1v) is 5.57. The van der Waals surface area contributed by atoms with Gasteiger partial charge in [0.05, 0.1) is 6.04 Å². The summed E-state index contributed by atoms with van der Waals surface area (Å²) in [4.78, 5) is 12.3. The molecule has 0 saturated heterocycles. The average molecular weight is 237 g/mol. The van der Waals surface area contributed by atoms with E-state index in [-0.39, 0.29) is 19.5 Å². The maximum Gasteiger partial charge on any atom is 0.231 e. The van der Waals surface area contributed by atoms with Crippen LogP contribution in [-0.4, -0.2) is 25.1 Å². The lowest BCUT2D eigenvalue weighted by molar-refractivity contribution is 0.0941. The molecule has 0 fully saturated rings. The molecule has 0 radical (unpaired) electrons. The molecule has 1 heterocycles. The van der Waals surface area contributed by atoms with Gasteiger partial charge in [-0.25, -0.2) is 0 Å². The van der Waals surface area contributed by atoms with Crippen molar-refractivity contribution in [2.45, 2.75) is 26.3 Å². The molecule has 2 atom stereocenters. The van der Waals surface area contributed by atoms with Crippen molar-refractivity contribution >= 4 is 5.78 Å². The van der Waals surface area contributed by atoms with Crippen molar-refractivity contribution in [2.75, 3.05) is 13.3 Å². The zero-order chi connectivity index (χ0) is 13.8. The highest BCUT2D eigenvalue weighted by atomic mass is 16.7. The lowest BCUT2D eigenvalue weighted by atomic mass is 10.0. The number of Topliss-reactive ketones (excluding diaryl/α,β-unsaturated/α-hetero) is 1. The topological polar surface area (TPSA) is 47.6 Å². The van der Waals surface area contributed by atoms with Crippen molar-refractivity contribution in [3.63, 3.8) is 0 Å². The molecule has 0 saturated carbocycles. The molecule has 92 valence electrons. The Morgan fingerprint density at radius 2 is 2.41 bits per heavy atom. The first kappa shape index (κ1) is 9.48. The van der Waals surface area contributed by atoms with Gasteiger partial charge in [-0.2, -0.15) is 0 Å². The van der Waals surface area contributed by atoms with Crippen molar-refractivity contribution in [2.24, 2.45) is 0 Å². The number of ether oxygens (including phenoxy) is 2. The Bertz CT molecular complexity index is 467. The minimum atomic E-state index is -0.747. The third-order valence-electron chi connectivity index (χ3n) is 2.70. The number of hydrogen-bond donors (Lipinski definition) is 1. The van der Waals surface area contributed by atoms with Crippen LogP contribution in [0.15, 0.2) is 18.2 Å². The zero-order valence-corrected chi connectivity index (χ0v) is 9.73. The molecular weight excluding hydrogens is 218 g/mol. The number of fused-ring (bicyclic) bond motifs is 1. The fourth-order valence-corrected chi connectivity index (χ4v) is 1.77. The molecule has 1 N–H and O–H groups in total. The van der Waals surface area contributed by atoms with E-state index in [1.807, 2.05) is 6.92 Å². The zero-order valence-electron chi connectivity index (χ0n) is 11.7. The summed E-state index contributed by atoms with van der Waals surface area (Å²) in [5, 5.41) is 2.84. The van der Waals surface area contributed by atoms with Gasteiger partial charge in [-0.1, -0.05) is 13.8 Å². The average Bonchev–Trinajstić information content (AvgIpc) is 2.90. The number of ketones is 1. The van der Waals surface area contributed by atoms with Crippen LogP contribution >= 0.6 is 0 Å². The molecule has 2 unspecified atom stereocenters. The maximum absolute atomic E-state index is 12.3. The van der Waals surface area contributed by atoms with Crippen LogP contribution in [0.2, 0.25) is 0 Å². The monoisotopic (exact) mass is 237 g/mol. The summed E-state index contributed by atoms with van der Waals surface area (Å²) in [6.45, 7) is 1.23. The number of benzene rings is 1. The smallest absolute Gasteiger partial charge is 0.231 e. The second-order valence-electron chi connectivity index (χ2n) is 3.76. The maximum atomic E-state index is 12.3. The van der Waals surface area contributed by atoms with Gasteiger partial charge in [0, 0.05) is 8.30 Å². The predicted molar refractivity (Wildman–Crippen MR) is 64.7 cm³/mol. The third kappa shape index (κ3) is 2.42. The first-order valence-electron chi connectivity index (χ1n) is 6.85. The van der Waals surface area contributed by atoms with Gasteiger partial charge in [-0.15, -0.1) is 0 Å². The summed E-state index contributed by atoms with van der Waals surface area (Å²) >= 11 is 0. The van der Waals surface area contributed by atoms with Crippen molar-refractivity contribution in [1.82, 2.24) is 5.32 Å². The van der Waals surface area contributed by atoms with Gasteiger partial charge in [0.15, 0.2) is 17.3 Å². The van der Waals surface area contributed by atoms with Crippen molar-refractivity contribution in [3.05, 3.63) is 23.8 Å². The molecule has 4 nitrogen and oxygen atoms in total. The molecule has 4 heteroatoms. The standard InChI is InChI=1S/C13H17NO3/c1-3-10(14-4-2)13(15)9-5-6-11-12(7-9)17-8-16-11/h5-7,10,14H,3-4,8H2,1-2H3/i2D,4D. The van der Waals surface area contributed by atoms with Gasteiger partial charge in [0.25, 0.3) is 0 Å². The van der Waals surface area contributed by atoms with Crippen LogP contribution in [0.25, 0.3) is 0 Å². The molecule has 0 amide bonds. The van der Waals surface area contributed by atoms with Gasteiger partial charge in [-0.05, 0) is 31.1 Å². The second-order valence-corrected chi connectivity index (χ2v) is 3.76. The van der Waals surface area contributed by atoms with Crippen LogP contribution in [0.5, 0.6) is 11.5 Å². The summed E-state index contributed by atoms with van der Waals surface area (Å²) in [7, 11) is 0. The van der Waals surface area contributed by atoms with E-state index < -0.39 is 12.6 Å². The number of carbonyl (C=O) groups is 1. The molecule has 0 bridgehead atoms. The first-order chi connectivity index (χ1) is 9.15. The Hall–Kier alpha value is -1.55. The molecule has 0 aliphatic carbocycles. The highest BCUT2D eigenvalue weighted by molar-refractivity contribution is 6.00. The van der Waals surface area contributed by atoms with Gasteiger partial charge in [-0.3, -0.25) is 4.79 Å². The Kier molecular flexibility index (Phi) is 2.89. The molecule has 2 rings (SSSR count). The highest BCUT2D eigenvalue weighted by Crippen LogP contribution is 2.32. The summed E-state index contributed by atoms with van der Waals surface area (Å²) in [6, 6.07) is 4.62. The van der Waals surface area contributed by atoms with Crippen molar-refractivity contribution < 1.29 is 17.0 Å². The Morgan fingerprint density at radius 3 is 3.18 bits per heavy atom. The minimum absolute atomic E-state index is 0.0785. The molecular formula is C13H17NO3. The normalized spacial score (nSPS) is 18.2. The van der Waals surface area contributed by atoms with Crippen molar-refractivity contribution in [3.8, 4) is 11.5 Å². The minimum Gasteiger partial charge on any atom is -0.454 e.